The Balaban J connectivity index is 1.76. The van der Waals surface area contributed by atoms with Crippen molar-refractivity contribution in [2.45, 2.75) is 38.3 Å². The molecule has 150 valence electrons. The van der Waals surface area contributed by atoms with Gasteiger partial charge in [-0.2, -0.15) is 10.4 Å². The van der Waals surface area contributed by atoms with Gasteiger partial charge < -0.3 is 15.2 Å². The van der Waals surface area contributed by atoms with Gasteiger partial charge in [0.05, 0.1) is 23.5 Å². The standard InChI is InChI=1S/C22H26N6O/c1-27(2)14-15-6-5-8-17(12-15)25-21-20-19(10-11-24-22(20)29)28(26-21)18-9-4-3-7-16(18)13-23/h5-6,8,10-12,16,18H,3-4,7,9,14H2,1-2H3,(H,24,29)(H,25,26). The van der Waals surface area contributed by atoms with Crippen molar-refractivity contribution in [1.82, 2.24) is 19.7 Å². The van der Waals surface area contributed by atoms with E-state index in [4.69, 9.17) is 5.10 Å². The summed E-state index contributed by atoms with van der Waals surface area (Å²) in [5.74, 6) is 0.452. The normalized spacial score (nSPS) is 19.4. The van der Waals surface area contributed by atoms with E-state index >= 15 is 0 Å². The van der Waals surface area contributed by atoms with Gasteiger partial charge in [0.1, 0.15) is 5.39 Å². The second-order valence-electron chi connectivity index (χ2n) is 8.01. The Morgan fingerprint density at radius 3 is 2.93 bits per heavy atom. The Kier molecular flexibility index (Phi) is 5.36. The molecule has 1 fully saturated rings. The van der Waals surface area contributed by atoms with Crippen molar-refractivity contribution in [3.8, 4) is 6.07 Å². The highest BCUT2D eigenvalue weighted by molar-refractivity contribution is 5.91. The maximum absolute atomic E-state index is 12.6. The Labute approximate surface area is 170 Å². The van der Waals surface area contributed by atoms with Gasteiger partial charge in [-0.1, -0.05) is 25.0 Å². The lowest BCUT2D eigenvalue weighted by Crippen LogP contribution is -2.23. The van der Waals surface area contributed by atoms with Crippen molar-refractivity contribution in [3.63, 3.8) is 0 Å². The van der Waals surface area contributed by atoms with Crippen LogP contribution in [-0.2, 0) is 6.54 Å². The van der Waals surface area contributed by atoms with Crippen LogP contribution in [0.3, 0.4) is 0 Å². The summed E-state index contributed by atoms with van der Waals surface area (Å²) in [7, 11) is 4.06. The summed E-state index contributed by atoms with van der Waals surface area (Å²) in [5, 5.41) is 18.3. The highest BCUT2D eigenvalue weighted by Gasteiger charge is 2.29. The van der Waals surface area contributed by atoms with Crippen molar-refractivity contribution in [2.24, 2.45) is 5.92 Å². The molecule has 0 saturated heterocycles. The van der Waals surface area contributed by atoms with Crippen LogP contribution >= 0.6 is 0 Å². The van der Waals surface area contributed by atoms with Gasteiger partial charge in [0.2, 0.25) is 0 Å². The van der Waals surface area contributed by atoms with Crippen LogP contribution in [0.4, 0.5) is 11.5 Å². The summed E-state index contributed by atoms with van der Waals surface area (Å²) in [6.07, 6.45) is 5.57. The lowest BCUT2D eigenvalue weighted by molar-refractivity contribution is 0.277. The fourth-order valence-electron chi connectivity index (χ4n) is 4.24. The van der Waals surface area contributed by atoms with Gasteiger partial charge in [-0.3, -0.25) is 9.48 Å². The van der Waals surface area contributed by atoms with Crippen molar-refractivity contribution in [2.75, 3.05) is 19.4 Å². The quantitative estimate of drug-likeness (QED) is 0.692. The number of aromatic amines is 1. The summed E-state index contributed by atoms with van der Waals surface area (Å²) in [5.41, 5.74) is 2.66. The number of aromatic nitrogens is 3. The average molecular weight is 390 g/mol. The van der Waals surface area contributed by atoms with Crippen LogP contribution in [0.25, 0.3) is 10.9 Å². The molecule has 29 heavy (non-hydrogen) atoms. The van der Waals surface area contributed by atoms with Crippen LogP contribution < -0.4 is 10.9 Å². The minimum atomic E-state index is -0.176. The van der Waals surface area contributed by atoms with E-state index in [1.165, 1.54) is 5.56 Å². The number of H-pyrrole nitrogens is 1. The third-order valence-electron chi connectivity index (χ3n) is 5.53. The van der Waals surface area contributed by atoms with Crippen LogP contribution in [0.1, 0.15) is 37.3 Å². The molecule has 7 nitrogen and oxygen atoms in total. The van der Waals surface area contributed by atoms with Gasteiger partial charge in [-0.15, -0.1) is 0 Å². The van der Waals surface area contributed by atoms with Crippen molar-refractivity contribution < 1.29 is 0 Å². The van der Waals surface area contributed by atoms with E-state index in [1.807, 2.05) is 37.0 Å². The first-order valence-corrected chi connectivity index (χ1v) is 10.1. The lowest BCUT2D eigenvalue weighted by Gasteiger charge is -2.27. The average Bonchev–Trinajstić information content (AvgIpc) is 3.07. The third kappa shape index (κ3) is 3.89. The van der Waals surface area contributed by atoms with Gasteiger partial charge in [0, 0.05) is 18.4 Å². The predicted octanol–water partition coefficient (Wildman–Crippen LogP) is 3.78. The molecule has 0 aliphatic heterocycles. The zero-order valence-corrected chi connectivity index (χ0v) is 16.9. The Morgan fingerprint density at radius 2 is 2.14 bits per heavy atom. The highest BCUT2D eigenvalue weighted by atomic mass is 16.1. The molecule has 2 atom stereocenters. The molecule has 2 aromatic heterocycles. The van der Waals surface area contributed by atoms with Gasteiger partial charge >= 0.3 is 0 Å². The number of anilines is 2. The molecule has 2 unspecified atom stereocenters. The highest BCUT2D eigenvalue weighted by Crippen LogP contribution is 2.36. The first-order valence-electron chi connectivity index (χ1n) is 10.1. The minimum Gasteiger partial charge on any atom is -0.338 e. The molecular weight excluding hydrogens is 364 g/mol. The fourth-order valence-corrected chi connectivity index (χ4v) is 4.24. The monoisotopic (exact) mass is 390 g/mol. The summed E-state index contributed by atoms with van der Waals surface area (Å²) >= 11 is 0. The number of hydrogen-bond donors (Lipinski definition) is 2. The van der Waals surface area contributed by atoms with Gasteiger partial charge in [0.15, 0.2) is 5.82 Å². The number of fused-ring (bicyclic) bond motifs is 1. The van der Waals surface area contributed by atoms with E-state index < -0.39 is 0 Å². The van der Waals surface area contributed by atoms with Gasteiger partial charge in [-0.05, 0) is 50.7 Å². The maximum atomic E-state index is 12.6. The minimum absolute atomic E-state index is 0.00586. The van der Waals surface area contributed by atoms with E-state index in [0.717, 1.165) is 43.4 Å². The number of hydrogen-bond acceptors (Lipinski definition) is 5. The molecule has 0 radical (unpaired) electrons. The second-order valence-corrected chi connectivity index (χ2v) is 8.01. The maximum Gasteiger partial charge on any atom is 0.261 e. The Bertz CT molecular complexity index is 1110. The van der Waals surface area contributed by atoms with E-state index in [9.17, 15) is 10.1 Å². The summed E-state index contributed by atoms with van der Waals surface area (Å²) < 4.78 is 1.89. The smallest absolute Gasteiger partial charge is 0.261 e. The van der Waals surface area contributed by atoms with Crippen LogP contribution in [0.15, 0.2) is 41.3 Å². The number of rotatable bonds is 5. The molecule has 7 heteroatoms. The van der Waals surface area contributed by atoms with Crippen molar-refractivity contribution >= 4 is 22.4 Å². The molecule has 1 aliphatic carbocycles. The molecule has 0 amide bonds. The lowest BCUT2D eigenvalue weighted by atomic mass is 9.85. The van der Waals surface area contributed by atoms with Crippen LogP contribution in [0, 0.1) is 17.2 Å². The van der Waals surface area contributed by atoms with Crippen molar-refractivity contribution in [1.29, 1.82) is 5.26 Å². The molecular formula is C22H26N6O. The van der Waals surface area contributed by atoms with Crippen LogP contribution in [0.5, 0.6) is 0 Å². The van der Waals surface area contributed by atoms with E-state index in [1.54, 1.807) is 6.20 Å². The molecule has 2 N–H and O–H groups in total. The zero-order chi connectivity index (χ0) is 20.4. The summed E-state index contributed by atoms with van der Waals surface area (Å²) in [6.45, 7) is 0.831. The Hall–Kier alpha value is -3.11. The summed E-state index contributed by atoms with van der Waals surface area (Å²) in [6, 6.07) is 12.4. The number of pyridine rings is 1. The number of nitriles is 1. The molecule has 4 rings (SSSR count). The molecule has 3 aromatic rings. The van der Waals surface area contributed by atoms with Crippen LogP contribution in [0.2, 0.25) is 0 Å². The molecule has 1 saturated carbocycles. The molecule has 0 spiro atoms. The fraction of sp³-hybridized carbons (Fsp3) is 0.409. The van der Waals surface area contributed by atoms with E-state index in [-0.39, 0.29) is 17.5 Å². The molecule has 1 aromatic carbocycles. The first kappa shape index (κ1) is 19.2. The SMILES string of the molecule is CN(C)Cc1cccc(Nc2nn(C3CCCCC3C#N)c3cc[nH]c(=O)c23)c1. The molecule has 0 bridgehead atoms. The number of benzene rings is 1. The topological polar surface area (TPSA) is 89.7 Å². The van der Waals surface area contributed by atoms with Gasteiger partial charge in [-0.25, -0.2) is 0 Å². The third-order valence-corrected chi connectivity index (χ3v) is 5.53. The van der Waals surface area contributed by atoms with Crippen LogP contribution in [-0.4, -0.2) is 33.8 Å². The van der Waals surface area contributed by atoms with E-state index in [0.29, 0.717) is 11.2 Å². The summed E-state index contributed by atoms with van der Waals surface area (Å²) in [4.78, 5) is 17.5. The second kappa shape index (κ2) is 8.10. The first-order chi connectivity index (χ1) is 14.1. The van der Waals surface area contributed by atoms with Crippen molar-refractivity contribution in [3.05, 3.63) is 52.4 Å². The Morgan fingerprint density at radius 1 is 1.31 bits per heavy atom. The molecule has 2 heterocycles. The molecule has 1 aliphatic rings. The number of nitrogens with zero attached hydrogens (tertiary/aromatic N) is 4. The largest absolute Gasteiger partial charge is 0.338 e. The predicted molar refractivity (Wildman–Crippen MR) is 114 cm³/mol. The van der Waals surface area contributed by atoms with E-state index in [2.05, 4.69) is 33.4 Å². The number of nitrogens with one attached hydrogen (secondary N) is 2. The zero-order valence-electron chi connectivity index (χ0n) is 16.9. The van der Waals surface area contributed by atoms with Gasteiger partial charge in [0.25, 0.3) is 5.56 Å².